The highest BCUT2D eigenvalue weighted by Crippen LogP contribution is 2.44. The van der Waals surface area contributed by atoms with Gasteiger partial charge in [-0.1, -0.05) is 41.9 Å². The molecule has 5 nitrogen and oxygen atoms in total. The van der Waals surface area contributed by atoms with Crippen LogP contribution in [0.15, 0.2) is 66.0 Å². The molecule has 0 spiro atoms. The lowest BCUT2D eigenvalue weighted by molar-refractivity contribution is -0.134. The minimum Gasteiger partial charge on any atom is -0.368 e. The number of thiophene rings is 1. The summed E-state index contributed by atoms with van der Waals surface area (Å²) in [5.41, 5.74) is 2.53. The van der Waals surface area contributed by atoms with Crippen LogP contribution in [0.1, 0.15) is 32.8 Å². The summed E-state index contributed by atoms with van der Waals surface area (Å²) in [4.78, 5) is 34.0. The first-order valence-corrected chi connectivity index (χ1v) is 12.0. The van der Waals surface area contributed by atoms with E-state index in [1.165, 1.54) is 0 Å². The van der Waals surface area contributed by atoms with Crippen molar-refractivity contribution in [1.29, 1.82) is 0 Å². The van der Waals surface area contributed by atoms with Crippen molar-refractivity contribution in [1.82, 2.24) is 9.80 Å². The van der Waals surface area contributed by atoms with Gasteiger partial charge >= 0.3 is 0 Å². The quantitative estimate of drug-likeness (QED) is 0.565. The Hall–Kier alpha value is -2.83. The van der Waals surface area contributed by atoms with Crippen molar-refractivity contribution in [2.24, 2.45) is 0 Å². The first-order valence-electron chi connectivity index (χ1n) is 10.7. The zero-order chi connectivity index (χ0) is 22.2. The molecule has 5 rings (SSSR count). The number of nitrogens with zero attached hydrogens (tertiary/aromatic N) is 3. The smallest absolute Gasteiger partial charge is 0.254 e. The van der Waals surface area contributed by atoms with E-state index in [9.17, 15) is 9.59 Å². The summed E-state index contributed by atoms with van der Waals surface area (Å²) < 4.78 is 0. The van der Waals surface area contributed by atoms with Crippen LogP contribution in [0, 0.1) is 0 Å². The number of carbonyl (C=O) groups excluding carboxylic acids is 2. The summed E-state index contributed by atoms with van der Waals surface area (Å²) in [6.45, 7) is 2.77. The molecule has 0 unspecified atom stereocenters. The molecule has 0 bridgehead atoms. The van der Waals surface area contributed by atoms with E-state index >= 15 is 0 Å². The maximum Gasteiger partial charge on any atom is 0.254 e. The average molecular weight is 466 g/mol. The Morgan fingerprint density at radius 1 is 1.00 bits per heavy atom. The molecule has 1 saturated heterocycles. The Morgan fingerprint density at radius 3 is 2.50 bits per heavy atom. The van der Waals surface area contributed by atoms with Crippen LogP contribution < -0.4 is 4.90 Å². The number of likely N-dealkylation sites (N-methyl/N-ethyl adjacent to an activating group) is 1. The predicted octanol–water partition coefficient (Wildman–Crippen LogP) is 4.66. The van der Waals surface area contributed by atoms with Crippen molar-refractivity contribution in [3.8, 4) is 0 Å². The summed E-state index contributed by atoms with van der Waals surface area (Å²) in [5.74, 6) is -0.361. The lowest BCUT2D eigenvalue weighted by Crippen LogP contribution is -2.53. The van der Waals surface area contributed by atoms with Gasteiger partial charge in [-0.15, -0.1) is 11.3 Å². The van der Waals surface area contributed by atoms with E-state index < -0.39 is 5.92 Å². The molecular formula is C25H24ClN3O2S. The number of fused-ring (bicyclic) bond motifs is 1. The summed E-state index contributed by atoms with van der Waals surface area (Å²) in [6, 6.07) is 19.1. The largest absolute Gasteiger partial charge is 0.368 e. The van der Waals surface area contributed by atoms with E-state index in [1.807, 2.05) is 70.9 Å². The fourth-order valence-electron chi connectivity index (χ4n) is 4.81. The molecule has 3 heterocycles. The lowest BCUT2D eigenvalue weighted by Gasteiger charge is -2.43. The van der Waals surface area contributed by atoms with Gasteiger partial charge in [-0.2, -0.15) is 0 Å². The lowest BCUT2D eigenvalue weighted by atomic mass is 9.81. The number of amides is 2. The molecule has 3 aromatic rings. The molecule has 0 aliphatic carbocycles. The van der Waals surface area contributed by atoms with Gasteiger partial charge in [0.2, 0.25) is 5.91 Å². The van der Waals surface area contributed by atoms with Crippen molar-refractivity contribution in [2.75, 3.05) is 38.1 Å². The van der Waals surface area contributed by atoms with Crippen LogP contribution in [0.2, 0.25) is 5.02 Å². The highest BCUT2D eigenvalue weighted by molar-refractivity contribution is 7.10. The highest BCUT2D eigenvalue weighted by Gasteiger charge is 2.44. The topological polar surface area (TPSA) is 43.9 Å². The van der Waals surface area contributed by atoms with Crippen LogP contribution in [0.5, 0.6) is 0 Å². The Labute approximate surface area is 196 Å². The van der Waals surface area contributed by atoms with Crippen LogP contribution in [0.3, 0.4) is 0 Å². The molecule has 164 valence electrons. The van der Waals surface area contributed by atoms with Gasteiger partial charge < -0.3 is 14.7 Å². The number of hydrogen-bond donors (Lipinski definition) is 0. The second-order valence-corrected chi connectivity index (χ2v) is 9.65. The van der Waals surface area contributed by atoms with Crippen LogP contribution in [0.4, 0.5) is 5.69 Å². The van der Waals surface area contributed by atoms with Crippen LogP contribution in [-0.4, -0.2) is 54.8 Å². The molecule has 0 saturated carbocycles. The number of benzene rings is 2. The van der Waals surface area contributed by atoms with Crippen molar-refractivity contribution in [3.05, 3.63) is 87.1 Å². The fraction of sp³-hybridized carbons (Fsp3) is 0.280. The third-order valence-corrected chi connectivity index (χ3v) is 7.62. The molecule has 2 amide bonds. The van der Waals surface area contributed by atoms with Crippen LogP contribution in [-0.2, 0) is 4.79 Å². The van der Waals surface area contributed by atoms with Crippen molar-refractivity contribution < 1.29 is 9.59 Å². The minimum absolute atomic E-state index is 0.0335. The number of carbonyl (C=O) groups is 2. The molecule has 0 N–H and O–H groups in total. The van der Waals surface area contributed by atoms with Crippen molar-refractivity contribution in [2.45, 2.75) is 12.0 Å². The Bertz CT molecular complexity index is 1140. The average Bonchev–Trinajstić information content (AvgIpc) is 3.35. The van der Waals surface area contributed by atoms with Gasteiger partial charge in [-0.05, 0) is 41.3 Å². The van der Waals surface area contributed by atoms with E-state index in [0.29, 0.717) is 23.7 Å². The summed E-state index contributed by atoms with van der Waals surface area (Å²) >= 11 is 7.75. The molecule has 2 aliphatic rings. The van der Waals surface area contributed by atoms with Crippen molar-refractivity contribution in [3.63, 3.8) is 0 Å². The Kier molecular flexibility index (Phi) is 5.66. The first-order chi connectivity index (χ1) is 15.5. The second kappa shape index (κ2) is 8.60. The van der Waals surface area contributed by atoms with E-state index in [0.717, 1.165) is 29.2 Å². The van der Waals surface area contributed by atoms with Gasteiger partial charge in [0.25, 0.3) is 5.91 Å². The monoisotopic (exact) mass is 465 g/mol. The van der Waals surface area contributed by atoms with E-state index in [1.54, 1.807) is 23.3 Å². The van der Waals surface area contributed by atoms with E-state index in [2.05, 4.69) is 4.90 Å². The van der Waals surface area contributed by atoms with Gasteiger partial charge in [-0.3, -0.25) is 9.59 Å². The van der Waals surface area contributed by atoms with Gasteiger partial charge in [-0.25, -0.2) is 0 Å². The summed E-state index contributed by atoms with van der Waals surface area (Å²) in [5, 5.41) is 2.71. The van der Waals surface area contributed by atoms with E-state index in [4.69, 9.17) is 11.6 Å². The maximum atomic E-state index is 13.9. The number of piperazine rings is 1. The van der Waals surface area contributed by atoms with Crippen molar-refractivity contribution >= 4 is 40.4 Å². The number of rotatable bonds is 3. The zero-order valence-corrected chi connectivity index (χ0v) is 19.4. The van der Waals surface area contributed by atoms with Gasteiger partial charge in [0, 0.05) is 54.4 Å². The normalized spacial score (nSPS) is 20.9. The molecule has 32 heavy (non-hydrogen) atoms. The second-order valence-electron chi connectivity index (χ2n) is 8.23. The fourth-order valence-corrected chi connectivity index (χ4v) is 5.90. The molecule has 2 aromatic carbocycles. The van der Waals surface area contributed by atoms with E-state index in [-0.39, 0.29) is 17.9 Å². The predicted molar refractivity (Wildman–Crippen MR) is 129 cm³/mol. The zero-order valence-electron chi connectivity index (χ0n) is 17.8. The first kappa shape index (κ1) is 21.0. The number of anilines is 1. The molecular weight excluding hydrogens is 442 g/mol. The molecule has 1 aromatic heterocycles. The van der Waals surface area contributed by atoms with Gasteiger partial charge in [0.15, 0.2) is 0 Å². The van der Waals surface area contributed by atoms with Gasteiger partial charge in [0.1, 0.15) is 0 Å². The minimum atomic E-state index is -0.412. The Balaban J connectivity index is 1.43. The van der Waals surface area contributed by atoms with Crippen LogP contribution >= 0.6 is 22.9 Å². The number of halogens is 1. The third-order valence-electron chi connectivity index (χ3n) is 6.45. The molecule has 2 aliphatic heterocycles. The molecule has 0 radical (unpaired) electrons. The molecule has 2 atom stereocenters. The molecule has 7 heteroatoms. The SMILES string of the molecule is CN1C(=O)c2ccccc2[C@H](C(=O)N2CCN(c3cccc(Cl)c3)CC2)[C@H]1c1cccs1. The highest BCUT2D eigenvalue weighted by atomic mass is 35.5. The summed E-state index contributed by atoms with van der Waals surface area (Å²) in [7, 11) is 1.81. The standard InChI is InChI=1S/C25H24ClN3O2S/c1-27-23(21-10-5-15-32-21)22(19-8-2-3-9-20(19)24(27)30)25(31)29-13-11-28(12-14-29)18-7-4-6-17(26)16-18/h2-10,15-16,22-23H,11-14H2,1H3/t22-,23+/m0/s1. The summed E-state index contributed by atoms with van der Waals surface area (Å²) in [6.07, 6.45) is 0. The molecule has 1 fully saturated rings. The third kappa shape index (κ3) is 3.67. The Morgan fingerprint density at radius 2 is 1.78 bits per heavy atom. The maximum absolute atomic E-state index is 13.9. The van der Waals surface area contributed by atoms with Crippen LogP contribution in [0.25, 0.3) is 0 Å². The number of hydrogen-bond acceptors (Lipinski definition) is 4. The van der Waals surface area contributed by atoms with Gasteiger partial charge in [0.05, 0.1) is 12.0 Å².